The number of aromatic nitrogens is 1. The quantitative estimate of drug-likeness (QED) is 0.907. The number of amides is 1. The molecule has 1 aromatic heterocycles. The summed E-state index contributed by atoms with van der Waals surface area (Å²) in [6, 6.07) is 6.04. The number of anilines is 1. The number of hydrogen-bond acceptors (Lipinski definition) is 4. The normalized spacial score (nSPS) is 10.8. The number of para-hydroxylation sites is 1. The second-order valence-electron chi connectivity index (χ2n) is 4.98. The molecule has 0 bridgehead atoms. The summed E-state index contributed by atoms with van der Waals surface area (Å²) in [4.78, 5) is 16.5. The molecule has 5 heteroatoms. The minimum absolute atomic E-state index is 0.183. The third-order valence-electron chi connectivity index (χ3n) is 3.12. The zero-order valence-corrected chi connectivity index (χ0v) is 12.8. The van der Waals surface area contributed by atoms with Gasteiger partial charge in [-0.25, -0.2) is 4.98 Å². The first kappa shape index (κ1) is 14.7. The predicted octanol–water partition coefficient (Wildman–Crippen LogP) is 3.29. The molecule has 3 N–H and O–H groups in total. The third-order valence-corrected chi connectivity index (χ3v) is 4.00. The Kier molecular flexibility index (Phi) is 4.52. The topological polar surface area (TPSA) is 68.0 Å². The first-order valence-corrected chi connectivity index (χ1v) is 7.46. The van der Waals surface area contributed by atoms with Crippen molar-refractivity contribution in [2.24, 2.45) is 5.73 Å². The molecule has 2 rings (SSSR count). The summed E-state index contributed by atoms with van der Waals surface area (Å²) < 4.78 is 0. The van der Waals surface area contributed by atoms with E-state index in [1.54, 1.807) is 5.38 Å². The maximum atomic E-state index is 12.3. The van der Waals surface area contributed by atoms with E-state index >= 15 is 0 Å². The van der Waals surface area contributed by atoms with Crippen LogP contribution in [0.1, 0.15) is 46.4 Å². The average Bonchev–Trinajstić information content (AvgIpc) is 2.89. The Bertz CT molecular complexity index is 619. The van der Waals surface area contributed by atoms with E-state index in [1.165, 1.54) is 11.3 Å². The van der Waals surface area contributed by atoms with Gasteiger partial charge in [0.2, 0.25) is 0 Å². The van der Waals surface area contributed by atoms with E-state index in [2.05, 4.69) is 24.1 Å². The van der Waals surface area contributed by atoms with Gasteiger partial charge in [0.15, 0.2) is 0 Å². The fraction of sp³-hybridized carbons (Fsp3) is 0.333. The van der Waals surface area contributed by atoms with Gasteiger partial charge in [0.25, 0.3) is 5.91 Å². The largest absolute Gasteiger partial charge is 0.325 e. The molecule has 0 spiro atoms. The van der Waals surface area contributed by atoms with Gasteiger partial charge in [0, 0.05) is 17.6 Å². The molecule has 0 aliphatic rings. The van der Waals surface area contributed by atoms with Crippen LogP contribution in [0.2, 0.25) is 0 Å². The molecule has 0 aliphatic carbocycles. The van der Waals surface area contributed by atoms with Crippen molar-refractivity contribution in [3.05, 3.63) is 45.4 Å². The molecule has 20 heavy (non-hydrogen) atoms. The minimum Gasteiger partial charge on any atom is -0.325 e. The molecule has 1 amide bonds. The SMILES string of the molecule is Cc1cccc(C(C)C)c1NC(=O)c1csc(CN)n1. The molecule has 0 saturated carbocycles. The molecule has 1 heterocycles. The van der Waals surface area contributed by atoms with Gasteiger partial charge in [0.1, 0.15) is 10.7 Å². The van der Waals surface area contributed by atoms with Gasteiger partial charge >= 0.3 is 0 Å². The van der Waals surface area contributed by atoms with Gasteiger partial charge in [-0.3, -0.25) is 4.79 Å². The summed E-state index contributed by atoms with van der Waals surface area (Å²) >= 11 is 1.41. The lowest BCUT2D eigenvalue weighted by molar-refractivity contribution is 0.102. The van der Waals surface area contributed by atoms with E-state index in [1.807, 2.05) is 25.1 Å². The molecule has 0 aliphatic heterocycles. The van der Waals surface area contributed by atoms with E-state index in [-0.39, 0.29) is 5.91 Å². The lowest BCUT2D eigenvalue weighted by Crippen LogP contribution is -2.15. The van der Waals surface area contributed by atoms with Gasteiger partial charge in [-0.05, 0) is 24.0 Å². The molecule has 2 aromatic rings. The zero-order chi connectivity index (χ0) is 14.7. The van der Waals surface area contributed by atoms with Crippen molar-refractivity contribution in [3.63, 3.8) is 0 Å². The van der Waals surface area contributed by atoms with Crippen molar-refractivity contribution in [2.75, 3.05) is 5.32 Å². The van der Waals surface area contributed by atoms with Crippen molar-refractivity contribution >= 4 is 22.9 Å². The molecule has 1 aromatic carbocycles. The van der Waals surface area contributed by atoms with Gasteiger partial charge in [-0.1, -0.05) is 32.0 Å². The standard InChI is InChI=1S/C15H19N3OS/c1-9(2)11-6-4-5-10(3)14(11)18-15(19)12-8-20-13(7-16)17-12/h4-6,8-9H,7,16H2,1-3H3,(H,18,19). The number of rotatable bonds is 4. The first-order valence-electron chi connectivity index (χ1n) is 6.58. The van der Waals surface area contributed by atoms with Gasteiger partial charge in [0.05, 0.1) is 0 Å². The van der Waals surface area contributed by atoms with E-state index < -0.39 is 0 Å². The van der Waals surface area contributed by atoms with Crippen LogP contribution in [0.3, 0.4) is 0 Å². The molecule has 106 valence electrons. The van der Waals surface area contributed by atoms with Crippen LogP contribution in [0.4, 0.5) is 5.69 Å². The third kappa shape index (κ3) is 3.05. The zero-order valence-electron chi connectivity index (χ0n) is 11.9. The highest BCUT2D eigenvalue weighted by molar-refractivity contribution is 7.09. The number of hydrogen-bond donors (Lipinski definition) is 2. The summed E-state index contributed by atoms with van der Waals surface area (Å²) in [7, 11) is 0. The molecular weight excluding hydrogens is 270 g/mol. The lowest BCUT2D eigenvalue weighted by Gasteiger charge is -2.15. The van der Waals surface area contributed by atoms with Gasteiger partial charge in [-0.2, -0.15) is 0 Å². The molecular formula is C15H19N3OS. The van der Waals surface area contributed by atoms with Crippen LogP contribution in [0.25, 0.3) is 0 Å². The van der Waals surface area contributed by atoms with E-state index in [9.17, 15) is 4.79 Å². The number of nitrogens with one attached hydrogen (secondary N) is 1. The fourth-order valence-corrected chi connectivity index (χ4v) is 2.68. The molecule has 0 radical (unpaired) electrons. The monoisotopic (exact) mass is 289 g/mol. The highest BCUT2D eigenvalue weighted by Crippen LogP contribution is 2.27. The number of carbonyl (C=O) groups is 1. The van der Waals surface area contributed by atoms with Crippen LogP contribution >= 0.6 is 11.3 Å². The maximum absolute atomic E-state index is 12.3. The number of thiazole rings is 1. The molecule has 0 unspecified atom stereocenters. The van der Waals surface area contributed by atoms with Gasteiger partial charge < -0.3 is 11.1 Å². The molecule has 0 fully saturated rings. The Morgan fingerprint density at radius 1 is 1.45 bits per heavy atom. The Morgan fingerprint density at radius 2 is 2.20 bits per heavy atom. The van der Waals surface area contributed by atoms with Crippen LogP contribution < -0.4 is 11.1 Å². The summed E-state index contributed by atoms with van der Waals surface area (Å²) in [6.07, 6.45) is 0. The first-order chi connectivity index (χ1) is 9.52. The maximum Gasteiger partial charge on any atom is 0.275 e. The van der Waals surface area contributed by atoms with E-state index in [0.717, 1.165) is 21.8 Å². The van der Waals surface area contributed by atoms with Crippen molar-refractivity contribution < 1.29 is 4.79 Å². The number of aryl methyl sites for hydroxylation is 1. The van der Waals surface area contributed by atoms with Crippen LogP contribution in [-0.2, 0) is 6.54 Å². The molecule has 0 atom stereocenters. The second-order valence-corrected chi connectivity index (χ2v) is 5.92. The Hall–Kier alpha value is -1.72. The van der Waals surface area contributed by atoms with Crippen molar-refractivity contribution in [3.8, 4) is 0 Å². The number of nitrogens with zero attached hydrogens (tertiary/aromatic N) is 1. The van der Waals surface area contributed by atoms with Crippen LogP contribution in [0.5, 0.6) is 0 Å². The number of benzene rings is 1. The fourth-order valence-electron chi connectivity index (χ4n) is 2.03. The van der Waals surface area contributed by atoms with E-state index in [0.29, 0.717) is 18.2 Å². The lowest BCUT2D eigenvalue weighted by atomic mass is 9.98. The number of carbonyl (C=O) groups excluding carboxylic acids is 1. The van der Waals surface area contributed by atoms with Crippen molar-refractivity contribution in [1.29, 1.82) is 0 Å². The Labute approximate surface area is 123 Å². The summed E-state index contributed by atoms with van der Waals surface area (Å²) in [6.45, 7) is 6.58. The minimum atomic E-state index is -0.183. The van der Waals surface area contributed by atoms with Crippen molar-refractivity contribution in [1.82, 2.24) is 4.98 Å². The van der Waals surface area contributed by atoms with Gasteiger partial charge in [-0.15, -0.1) is 11.3 Å². The van der Waals surface area contributed by atoms with E-state index in [4.69, 9.17) is 5.73 Å². The van der Waals surface area contributed by atoms with Crippen LogP contribution in [0, 0.1) is 6.92 Å². The summed E-state index contributed by atoms with van der Waals surface area (Å²) in [5.41, 5.74) is 9.02. The highest BCUT2D eigenvalue weighted by Gasteiger charge is 2.15. The van der Waals surface area contributed by atoms with Crippen LogP contribution in [0.15, 0.2) is 23.6 Å². The molecule has 0 saturated heterocycles. The Balaban J connectivity index is 2.27. The Morgan fingerprint density at radius 3 is 2.80 bits per heavy atom. The molecule has 4 nitrogen and oxygen atoms in total. The smallest absolute Gasteiger partial charge is 0.275 e. The predicted molar refractivity (Wildman–Crippen MR) is 83.2 cm³/mol. The summed E-state index contributed by atoms with van der Waals surface area (Å²) in [5, 5.41) is 5.49. The highest BCUT2D eigenvalue weighted by atomic mass is 32.1. The second kappa shape index (κ2) is 6.15. The average molecular weight is 289 g/mol. The summed E-state index contributed by atoms with van der Waals surface area (Å²) in [5.74, 6) is 0.164. The van der Waals surface area contributed by atoms with Crippen molar-refractivity contribution in [2.45, 2.75) is 33.2 Å². The number of nitrogens with two attached hydrogens (primary N) is 1. The van der Waals surface area contributed by atoms with Crippen LogP contribution in [-0.4, -0.2) is 10.9 Å².